The van der Waals surface area contributed by atoms with Crippen molar-refractivity contribution in [3.63, 3.8) is 0 Å². The Hall–Kier alpha value is -1.30. The minimum absolute atomic E-state index is 0.356. The molecule has 1 aliphatic heterocycles. The van der Waals surface area contributed by atoms with Crippen molar-refractivity contribution < 1.29 is 14.7 Å². The molecular formula is C13H23N3O3. The number of urea groups is 1. The first kappa shape index (κ1) is 14.1. The zero-order valence-electron chi connectivity index (χ0n) is 11.4. The van der Waals surface area contributed by atoms with Gasteiger partial charge in [-0.2, -0.15) is 0 Å². The molecule has 6 heteroatoms. The first-order valence-electron chi connectivity index (χ1n) is 7.11. The second-order valence-corrected chi connectivity index (χ2v) is 5.50. The van der Waals surface area contributed by atoms with Gasteiger partial charge in [-0.05, 0) is 45.2 Å². The fraction of sp³-hybridized carbons (Fsp3) is 0.846. The number of likely N-dealkylation sites (tertiary alicyclic amines) is 1. The molecule has 1 heterocycles. The van der Waals surface area contributed by atoms with Crippen molar-refractivity contribution in [1.82, 2.24) is 15.5 Å². The van der Waals surface area contributed by atoms with Gasteiger partial charge in [0.1, 0.15) is 5.54 Å². The zero-order valence-corrected chi connectivity index (χ0v) is 11.4. The van der Waals surface area contributed by atoms with Crippen molar-refractivity contribution in [3.05, 3.63) is 0 Å². The molecule has 1 aliphatic carbocycles. The predicted octanol–water partition coefficient (Wildman–Crippen LogP) is 0.777. The quantitative estimate of drug-likeness (QED) is 0.689. The number of nitrogens with zero attached hydrogens (tertiary/aromatic N) is 1. The number of amides is 2. The summed E-state index contributed by atoms with van der Waals surface area (Å²) in [6.07, 6.45) is 4.18. The highest BCUT2D eigenvalue weighted by Crippen LogP contribution is 2.31. The normalized spacial score (nSPS) is 25.6. The number of carbonyl (C=O) groups excluding carboxylic acids is 1. The Morgan fingerprint density at radius 3 is 2.63 bits per heavy atom. The maximum Gasteiger partial charge on any atom is 0.329 e. The lowest BCUT2D eigenvalue weighted by Gasteiger charge is -2.38. The molecule has 2 amide bonds. The maximum absolute atomic E-state index is 11.8. The average molecular weight is 269 g/mol. The zero-order chi connectivity index (χ0) is 13.9. The summed E-state index contributed by atoms with van der Waals surface area (Å²) in [5.74, 6) is -0.926. The van der Waals surface area contributed by atoms with E-state index < -0.39 is 11.5 Å². The summed E-state index contributed by atoms with van der Waals surface area (Å²) >= 11 is 0. The van der Waals surface area contributed by atoms with Gasteiger partial charge in [0, 0.05) is 12.6 Å². The van der Waals surface area contributed by atoms with Crippen LogP contribution in [-0.2, 0) is 4.79 Å². The van der Waals surface area contributed by atoms with E-state index in [-0.39, 0.29) is 6.03 Å². The van der Waals surface area contributed by atoms with Crippen molar-refractivity contribution in [2.75, 3.05) is 19.6 Å². The lowest BCUT2D eigenvalue weighted by Crippen LogP contribution is -2.61. The van der Waals surface area contributed by atoms with Gasteiger partial charge in [-0.1, -0.05) is 6.92 Å². The molecule has 108 valence electrons. The molecule has 2 rings (SSSR count). The smallest absolute Gasteiger partial charge is 0.329 e. The van der Waals surface area contributed by atoms with Crippen molar-refractivity contribution in [2.24, 2.45) is 0 Å². The number of nitrogens with one attached hydrogen (secondary N) is 2. The molecule has 0 spiro atoms. The highest BCUT2D eigenvalue weighted by Gasteiger charge is 2.45. The molecule has 0 radical (unpaired) electrons. The van der Waals surface area contributed by atoms with Gasteiger partial charge in [0.15, 0.2) is 0 Å². The third-order valence-electron chi connectivity index (χ3n) is 4.37. The molecule has 0 bridgehead atoms. The number of carboxylic acids is 1. The van der Waals surface area contributed by atoms with E-state index in [1.807, 2.05) is 0 Å². The molecule has 0 aromatic heterocycles. The summed E-state index contributed by atoms with van der Waals surface area (Å²) in [4.78, 5) is 25.3. The second kappa shape index (κ2) is 5.77. The van der Waals surface area contributed by atoms with Gasteiger partial charge in [-0.25, -0.2) is 9.59 Å². The van der Waals surface area contributed by atoms with Crippen LogP contribution < -0.4 is 10.6 Å². The fourth-order valence-electron chi connectivity index (χ4n) is 2.94. The molecule has 2 fully saturated rings. The van der Waals surface area contributed by atoms with E-state index in [0.717, 1.165) is 25.9 Å². The number of rotatable bonds is 5. The van der Waals surface area contributed by atoms with Gasteiger partial charge in [0.25, 0.3) is 0 Å². The highest BCUT2D eigenvalue weighted by molar-refractivity contribution is 5.87. The molecule has 1 atom stereocenters. The molecule has 3 N–H and O–H groups in total. The molecule has 19 heavy (non-hydrogen) atoms. The van der Waals surface area contributed by atoms with Gasteiger partial charge >= 0.3 is 12.0 Å². The molecule has 1 saturated heterocycles. The summed E-state index contributed by atoms with van der Waals surface area (Å²) in [6, 6.07) is 0.0305. The summed E-state index contributed by atoms with van der Waals surface area (Å²) in [5, 5.41) is 14.6. The van der Waals surface area contributed by atoms with E-state index in [4.69, 9.17) is 5.11 Å². The summed E-state index contributed by atoms with van der Waals surface area (Å²) in [6.45, 7) is 4.79. The lowest BCUT2D eigenvalue weighted by atomic mass is 9.77. The third-order valence-corrected chi connectivity index (χ3v) is 4.37. The van der Waals surface area contributed by atoms with Gasteiger partial charge in [-0.15, -0.1) is 0 Å². The van der Waals surface area contributed by atoms with Gasteiger partial charge in [0.05, 0.1) is 0 Å². The third kappa shape index (κ3) is 3.00. The lowest BCUT2D eigenvalue weighted by molar-refractivity contribution is -0.148. The first-order valence-corrected chi connectivity index (χ1v) is 7.11. The van der Waals surface area contributed by atoms with Gasteiger partial charge in [0.2, 0.25) is 0 Å². The predicted molar refractivity (Wildman–Crippen MR) is 71.0 cm³/mol. The molecule has 0 aromatic carbocycles. The Bertz CT molecular complexity index is 355. The van der Waals surface area contributed by atoms with Crippen molar-refractivity contribution in [1.29, 1.82) is 0 Å². The van der Waals surface area contributed by atoms with E-state index in [1.54, 1.807) is 0 Å². The van der Waals surface area contributed by atoms with E-state index in [1.165, 1.54) is 6.42 Å². The molecule has 0 aromatic rings. The van der Waals surface area contributed by atoms with Gasteiger partial charge < -0.3 is 15.7 Å². The fourth-order valence-corrected chi connectivity index (χ4v) is 2.94. The van der Waals surface area contributed by atoms with Crippen molar-refractivity contribution in [2.45, 2.75) is 50.6 Å². The number of hydrogen-bond acceptors (Lipinski definition) is 3. The van der Waals surface area contributed by atoms with Crippen LogP contribution in [0.1, 0.15) is 39.0 Å². The van der Waals surface area contributed by atoms with E-state index in [9.17, 15) is 9.59 Å². The number of likely N-dealkylation sites (N-methyl/N-ethyl adjacent to an activating group) is 1. The molecule has 2 aliphatic rings. The number of carboxylic acid groups (broad SMARTS) is 1. The summed E-state index contributed by atoms with van der Waals surface area (Å²) in [5.41, 5.74) is -1.02. The van der Waals surface area contributed by atoms with Crippen LogP contribution in [0.25, 0.3) is 0 Å². The Morgan fingerprint density at radius 1 is 1.37 bits per heavy atom. The van der Waals surface area contributed by atoms with Crippen LogP contribution in [0.4, 0.5) is 4.79 Å². The standard InChI is InChI=1S/C13H23N3O3/c1-2-16-8-3-5-10(16)9-14-12(19)15-13(11(17)18)6-4-7-13/h10H,2-9H2,1H3,(H,17,18)(H2,14,15,19). The minimum atomic E-state index is -1.02. The van der Waals surface area contributed by atoms with Crippen LogP contribution in [0.2, 0.25) is 0 Å². The summed E-state index contributed by atoms with van der Waals surface area (Å²) in [7, 11) is 0. The number of aliphatic carboxylic acids is 1. The molecular weight excluding hydrogens is 246 g/mol. The van der Waals surface area contributed by atoms with Crippen molar-refractivity contribution >= 4 is 12.0 Å². The number of hydrogen-bond donors (Lipinski definition) is 3. The minimum Gasteiger partial charge on any atom is -0.480 e. The largest absolute Gasteiger partial charge is 0.480 e. The SMILES string of the molecule is CCN1CCCC1CNC(=O)NC1(C(=O)O)CCC1. The molecule has 1 saturated carbocycles. The number of carbonyl (C=O) groups is 2. The van der Waals surface area contributed by atoms with E-state index in [0.29, 0.717) is 25.4 Å². The maximum atomic E-state index is 11.8. The monoisotopic (exact) mass is 269 g/mol. The molecule has 6 nitrogen and oxygen atoms in total. The van der Waals surface area contributed by atoms with Crippen LogP contribution in [0.15, 0.2) is 0 Å². The Morgan fingerprint density at radius 2 is 2.11 bits per heavy atom. The van der Waals surface area contributed by atoms with Crippen LogP contribution in [0.5, 0.6) is 0 Å². The Balaban J connectivity index is 1.77. The van der Waals surface area contributed by atoms with Crippen molar-refractivity contribution in [3.8, 4) is 0 Å². The Kier molecular flexibility index (Phi) is 4.29. The molecule has 1 unspecified atom stereocenters. The van der Waals surface area contributed by atoms with Crippen LogP contribution in [-0.4, -0.2) is 53.2 Å². The Labute approximate surface area is 113 Å². The van der Waals surface area contributed by atoms with Crippen LogP contribution in [0.3, 0.4) is 0 Å². The van der Waals surface area contributed by atoms with Gasteiger partial charge in [-0.3, -0.25) is 4.90 Å². The average Bonchev–Trinajstić information content (AvgIpc) is 2.78. The van der Waals surface area contributed by atoms with E-state index in [2.05, 4.69) is 22.5 Å². The summed E-state index contributed by atoms with van der Waals surface area (Å²) < 4.78 is 0. The van der Waals surface area contributed by atoms with E-state index >= 15 is 0 Å². The van der Waals surface area contributed by atoms with Crippen LogP contribution >= 0.6 is 0 Å². The first-order chi connectivity index (χ1) is 9.07. The topological polar surface area (TPSA) is 81.7 Å². The highest BCUT2D eigenvalue weighted by atomic mass is 16.4. The van der Waals surface area contributed by atoms with Crippen LogP contribution in [0, 0.1) is 0 Å². The second-order valence-electron chi connectivity index (χ2n) is 5.50.